The van der Waals surface area contributed by atoms with E-state index in [1.54, 1.807) is 30.6 Å². The summed E-state index contributed by atoms with van der Waals surface area (Å²) in [6, 6.07) is 8.83. The molecule has 0 aliphatic rings. The molecule has 4 aromatic rings. The maximum absolute atomic E-state index is 11.8. The molecule has 0 saturated carbocycles. The Bertz CT molecular complexity index is 1080. The van der Waals surface area contributed by atoms with Crippen molar-refractivity contribution in [1.82, 2.24) is 15.0 Å². The van der Waals surface area contributed by atoms with Crippen LogP contribution in [0.25, 0.3) is 32.8 Å². The minimum absolute atomic E-state index is 0.0140. The number of carbonyl (C=O) groups is 1. The van der Waals surface area contributed by atoms with E-state index in [9.17, 15) is 9.90 Å². The predicted molar refractivity (Wildman–Crippen MR) is 82.5 cm³/mol. The fraction of sp³-hybridized carbons (Fsp3) is 0. The van der Waals surface area contributed by atoms with E-state index in [1.165, 1.54) is 0 Å². The number of nitrogens with two attached hydrogens (primary N) is 1. The van der Waals surface area contributed by atoms with E-state index in [4.69, 9.17) is 5.73 Å². The highest BCUT2D eigenvalue weighted by Gasteiger charge is 2.20. The number of hydrogen-bond donors (Lipinski definition) is 2. The second kappa shape index (κ2) is 4.36. The second-order valence-electron chi connectivity index (χ2n) is 4.92. The van der Waals surface area contributed by atoms with Crippen molar-refractivity contribution in [2.24, 2.45) is 5.73 Å². The van der Waals surface area contributed by atoms with E-state index in [2.05, 4.69) is 15.0 Å². The number of hydrogen-bond acceptors (Lipinski definition) is 5. The molecule has 0 aliphatic carbocycles. The van der Waals surface area contributed by atoms with Crippen LogP contribution in [0.4, 0.5) is 0 Å². The Kier molecular flexibility index (Phi) is 2.47. The van der Waals surface area contributed by atoms with Gasteiger partial charge in [0, 0.05) is 17.0 Å². The van der Waals surface area contributed by atoms with Crippen molar-refractivity contribution in [3.8, 4) is 5.75 Å². The van der Waals surface area contributed by atoms with E-state index in [0.717, 1.165) is 0 Å². The van der Waals surface area contributed by atoms with Crippen molar-refractivity contribution in [3.05, 3.63) is 48.3 Å². The molecule has 0 saturated heterocycles. The van der Waals surface area contributed by atoms with Crippen LogP contribution in [0.5, 0.6) is 5.75 Å². The first kappa shape index (κ1) is 12.5. The molecular weight excluding hydrogens is 280 g/mol. The fourth-order valence-corrected chi connectivity index (χ4v) is 2.64. The van der Waals surface area contributed by atoms with Gasteiger partial charge in [-0.1, -0.05) is 24.3 Å². The molecule has 0 aliphatic heterocycles. The average molecular weight is 290 g/mol. The summed E-state index contributed by atoms with van der Waals surface area (Å²) >= 11 is 0. The third kappa shape index (κ3) is 1.61. The average Bonchev–Trinajstić information content (AvgIpc) is 2.53. The molecule has 6 nitrogen and oxygen atoms in total. The van der Waals surface area contributed by atoms with Gasteiger partial charge in [-0.3, -0.25) is 9.78 Å². The Hall–Kier alpha value is -3.28. The summed E-state index contributed by atoms with van der Waals surface area (Å²) in [5.41, 5.74) is 7.43. The van der Waals surface area contributed by atoms with E-state index in [-0.39, 0.29) is 11.3 Å². The van der Waals surface area contributed by atoms with Crippen molar-refractivity contribution >= 4 is 38.7 Å². The monoisotopic (exact) mass is 290 g/mol. The van der Waals surface area contributed by atoms with Crippen LogP contribution in [0.3, 0.4) is 0 Å². The number of aromatic nitrogens is 3. The van der Waals surface area contributed by atoms with Crippen LogP contribution < -0.4 is 5.73 Å². The molecule has 0 spiro atoms. The topological polar surface area (TPSA) is 102 Å². The van der Waals surface area contributed by atoms with Gasteiger partial charge in [-0.25, -0.2) is 9.97 Å². The summed E-state index contributed by atoms with van der Waals surface area (Å²) in [6.07, 6.45) is 3.20. The molecule has 0 atom stereocenters. The summed E-state index contributed by atoms with van der Waals surface area (Å²) in [4.78, 5) is 24.8. The lowest BCUT2D eigenvalue weighted by Crippen LogP contribution is -2.13. The first-order chi connectivity index (χ1) is 10.7. The summed E-state index contributed by atoms with van der Waals surface area (Å²) in [5.74, 6) is -0.908. The van der Waals surface area contributed by atoms with Gasteiger partial charge >= 0.3 is 0 Å². The van der Waals surface area contributed by atoms with Gasteiger partial charge in [-0.05, 0) is 6.07 Å². The number of phenols is 1. The molecule has 2 aromatic heterocycles. The van der Waals surface area contributed by atoms with Crippen molar-refractivity contribution in [3.63, 3.8) is 0 Å². The maximum atomic E-state index is 11.8. The number of fused-ring (bicyclic) bond motifs is 4. The number of carbonyl (C=O) groups excluding carboxylic acids is 1. The fourth-order valence-electron chi connectivity index (χ4n) is 2.64. The highest BCUT2D eigenvalue weighted by molar-refractivity contribution is 6.18. The Morgan fingerprint density at radius 2 is 1.73 bits per heavy atom. The van der Waals surface area contributed by atoms with Crippen molar-refractivity contribution in [2.45, 2.75) is 0 Å². The van der Waals surface area contributed by atoms with Crippen LogP contribution in [-0.2, 0) is 0 Å². The summed E-state index contributed by atoms with van der Waals surface area (Å²) in [6.45, 7) is 0. The van der Waals surface area contributed by atoms with Crippen LogP contribution in [0.2, 0.25) is 0 Å². The van der Waals surface area contributed by atoms with Crippen LogP contribution in [0, 0.1) is 0 Å². The highest BCUT2D eigenvalue weighted by atomic mass is 16.3. The number of amides is 1. The number of pyridine rings is 1. The van der Waals surface area contributed by atoms with E-state index < -0.39 is 5.91 Å². The molecule has 2 aromatic carbocycles. The molecule has 0 radical (unpaired) electrons. The van der Waals surface area contributed by atoms with Gasteiger partial charge in [0.05, 0.1) is 17.2 Å². The molecule has 0 unspecified atom stereocenters. The summed E-state index contributed by atoms with van der Waals surface area (Å²) in [5, 5.41) is 11.6. The number of rotatable bonds is 1. The number of primary amides is 1. The van der Waals surface area contributed by atoms with Crippen LogP contribution in [0.15, 0.2) is 42.7 Å². The molecular formula is C16H10N4O2. The third-order valence-corrected chi connectivity index (χ3v) is 3.62. The Morgan fingerprint density at radius 1 is 1.00 bits per heavy atom. The van der Waals surface area contributed by atoms with Crippen molar-refractivity contribution in [1.29, 1.82) is 0 Å². The molecule has 6 heteroatoms. The zero-order chi connectivity index (χ0) is 15.3. The lowest BCUT2D eigenvalue weighted by atomic mass is 10.0. The maximum Gasteiger partial charge on any atom is 0.254 e. The largest absolute Gasteiger partial charge is 0.506 e. The third-order valence-electron chi connectivity index (χ3n) is 3.62. The first-order valence-electron chi connectivity index (χ1n) is 6.62. The van der Waals surface area contributed by atoms with Gasteiger partial charge in [-0.2, -0.15) is 0 Å². The molecule has 0 fully saturated rings. The standard InChI is InChI=1S/C16H10N4O2/c17-16(22)12-14-13(8-3-1-2-4-9(8)15(12)21)20-11-7-18-6-5-10(11)19-14/h1-7,21H,(H2,17,22). The summed E-state index contributed by atoms with van der Waals surface area (Å²) in [7, 11) is 0. The van der Waals surface area contributed by atoms with Gasteiger partial charge in [0.2, 0.25) is 0 Å². The second-order valence-corrected chi connectivity index (χ2v) is 4.92. The van der Waals surface area contributed by atoms with Crippen molar-refractivity contribution < 1.29 is 9.90 Å². The zero-order valence-electron chi connectivity index (χ0n) is 11.3. The highest BCUT2D eigenvalue weighted by Crippen LogP contribution is 2.35. The molecule has 106 valence electrons. The number of benzene rings is 2. The molecule has 2 heterocycles. The Morgan fingerprint density at radius 3 is 2.50 bits per heavy atom. The first-order valence-corrected chi connectivity index (χ1v) is 6.62. The predicted octanol–water partition coefficient (Wildman–Crippen LogP) is 2.14. The molecule has 22 heavy (non-hydrogen) atoms. The van der Waals surface area contributed by atoms with E-state index in [1.807, 2.05) is 12.1 Å². The van der Waals surface area contributed by atoms with Gasteiger partial charge in [-0.15, -0.1) is 0 Å². The normalized spacial score (nSPS) is 11.3. The van der Waals surface area contributed by atoms with Crippen molar-refractivity contribution in [2.75, 3.05) is 0 Å². The number of aromatic hydroxyl groups is 1. The van der Waals surface area contributed by atoms with E-state index >= 15 is 0 Å². The quantitative estimate of drug-likeness (QED) is 0.413. The molecule has 1 amide bonds. The van der Waals surface area contributed by atoms with E-state index in [0.29, 0.717) is 32.8 Å². The molecule has 3 N–H and O–H groups in total. The SMILES string of the molecule is NC(=O)c1c(O)c2ccccc2c2nc3cnccc3nc12. The van der Waals surface area contributed by atoms with Gasteiger partial charge in [0.1, 0.15) is 22.3 Å². The van der Waals surface area contributed by atoms with Crippen LogP contribution >= 0.6 is 0 Å². The summed E-state index contributed by atoms with van der Waals surface area (Å²) < 4.78 is 0. The lowest BCUT2D eigenvalue weighted by molar-refractivity contribution is 0.0999. The zero-order valence-corrected chi connectivity index (χ0v) is 11.3. The molecule has 0 bridgehead atoms. The van der Waals surface area contributed by atoms with Gasteiger partial charge < -0.3 is 10.8 Å². The van der Waals surface area contributed by atoms with Gasteiger partial charge in [0.15, 0.2) is 0 Å². The Labute approximate surface area is 124 Å². The smallest absolute Gasteiger partial charge is 0.254 e. The minimum atomic E-state index is -0.740. The van der Waals surface area contributed by atoms with Crippen LogP contribution in [-0.4, -0.2) is 26.0 Å². The number of nitrogens with zero attached hydrogens (tertiary/aromatic N) is 3. The molecule has 4 rings (SSSR count). The lowest BCUT2D eigenvalue weighted by Gasteiger charge is -2.10. The minimum Gasteiger partial charge on any atom is -0.506 e. The Balaban J connectivity index is 2.35. The van der Waals surface area contributed by atoms with Crippen LogP contribution in [0.1, 0.15) is 10.4 Å². The van der Waals surface area contributed by atoms with Gasteiger partial charge in [0.25, 0.3) is 5.91 Å².